The molecule has 1 unspecified atom stereocenters. The van der Waals surface area contributed by atoms with Crippen molar-refractivity contribution >= 4 is 35.9 Å². The van der Waals surface area contributed by atoms with Crippen molar-refractivity contribution in [1.82, 2.24) is 15.1 Å². The Morgan fingerprint density at radius 2 is 1.94 bits per heavy atom. The van der Waals surface area contributed by atoms with Crippen molar-refractivity contribution in [3.63, 3.8) is 0 Å². The number of benzene rings is 1. The SMILES string of the molecule is CCNC(=NCC(c1cccc(C)c1)N1CCOCC1)N1CCC(C(=O)OCC)CC1.I. The summed E-state index contributed by atoms with van der Waals surface area (Å²) in [6.45, 7) is 13.1. The topological polar surface area (TPSA) is 66.4 Å². The van der Waals surface area contributed by atoms with Crippen molar-refractivity contribution in [2.75, 3.05) is 59.1 Å². The number of aryl methyl sites for hydroxylation is 1. The van der Waals surface area contributed by atoms with Gasteiger partial charge in [-0.2, -0.15) is 0 Å². The van der Waals surface area contributed by atoms with E-state index in [4.69, 9.17) is 14.5 Å². The van der Waals surface area contributed by atoms with Gasteiger partial charge in [0.05, 0.1) is 38.3 Å². The van der Waals surface area contributed by atoms with Gasteiger partial charge in [-0.15, -0.1) is 24.0 Å². The molecule has 0 spiro atoms. The van der Waals surface area contributed by atoms with Gasteiger partial charge >= 0.3 is 5.97 Å². The lowest BCUT2D eigenvalue weighted by Crippen LogP contribution is -2.47. The van der Waals surface area contributed by atoms with E-state index in [0.717, 1.165) is 64.7 Å². The van der Waals surface area contributed by atoms with Crippen LogP contribution in [0.4, 0.5) is 0 Å². The first-order valence-corrected chi connectivity index (χ1v) is 11.7. The van der Waals surface area contributed by atoms with Crippen molar-refractivity contribution in [2.24, 2.45) is 10.9 Å². The number of ether oxygens (including phenoxy) is 2. The van der Waals surface area contributed by atoms with Crippen LogP contribution in [0.3, 0.4) is 0 Å². The highest BCUT2D eigenvalue weighted by Gasteiger charge is 2.28. The molecule has 0 amide bonds. The largest absolute Gasteiger partial charge is 0.466 e. The van der Waals surface area contributed by atoms with Crippen LogP contribution in [0.5, 0.6) is 0 Å². The summed E-state index contributed by atoms with van der Waals surface area (Å²) in [4.78, 5) is 21.9. The molecule has 1 aromatic rings. The zero-order valence-corrected chi connectivity index (χ0v) is 22.0. The van der Waals surface area contributed by atoms with Crippen LogP contribution in [0.25, 0.3) is 0 Å². The number of aliphatic imine (C=N–C) groups is 1. The fourth-order valence-corrected chi connectivity index (χ4v) is 4.38. The smallest absolute Gasteiger partial charge is 0.309 e. The Labute approximate surface area is 209 Å². The normalized spacial score (nSPS) is 19.2. The van der Waals surface area contributed by atoms with Crippen LogP contribution >= 0.6 is 24.0 Å². The summed E-state index contributed by atoms with van der Waals surface area (Å²) >= 11 is 0. The van der Waals surface area contributed by atoms with Gasteiger partial charge in [0.1, 0.15) is 0 Å². The predicted molar refractivity (Wildman–Crippen MR) is 139 cm³/mol. The second-order valence-corrected chi connectivity index (χ2v) is 8.29. The molecule has 0 aliphatic carbocycles. The molecule has 1 N–H and O–H groups in total. The first-order chi connectivity index (χ1) is 15.1. The molecule has 180 valence electrons. The third-order valence-electron chi connectivity index (χ3n) is 6.08. The molecule has 0 aromatic heterocycles. The molecule has 1 aromatic carbocycles. The molecule has 32 heavy (non-hydrogen) atoms. The Bertz CT molecular complexity index is 732. The molecule has 7 nitrogen and oxygen atoms in total. The van der Waals surface area contributed by atoms with Crippen LogP contribution < -0.4 is 5.32 Å². The molecule has 2 saturated heterocycles. The van der Waals surface area contributed by atoms with Gasteiger partial charge in [0.2, 0.25) is 0 Å². The maximum Gasteiger partial charge on any atom is 0.309 e. The van der Waals surface area contributed by atoms with Gasteiger partial charge in [-0.1, -0.05) is 29.8 Å². The molecule has 2 aliphatic heterocycles. The summed E-state index contributed by atoms with van der Waals surface area (Å²) in [5.41, 5.74) is 2.58. The number of piperidine rings is 1. The van der Waals surface area contributed by atoms with Gasteiger partial charge in [-0.05, 0) is 39.2 Å². The maximum absolute atomic E-state index is 12.1. The van der Waals surface area contributed by atoms with Crippen molar-refractivity contribution < 1.29 is 14.3 Å². The predicted octanol–water partition coefficient (Wildman–Crippen LogP) is 3.23. The Hall–Kier alpha value is -1.39. The monoisotopic (exact) mass is 558 g/mol. The highest BCUT2D eigenvalue weighted by Crippen LogP contribution is 2.24. The number of morpholine rings is 1. The molecular weight excluding hydrogens is 519 g/mol. The minimum atomic E-state index is -0.0593. The highest BCUT2D eigenvalue weighted by molar-refractivity contribution is 14.0. The van der Waals surface area contributed by atoms with Crippen LogP contribution in [0.15, 0.2) is 29.3 Å². The van der Waals surface area contributed by atoms with E-state index in [0.29, 0.717) is 13.2 Å². The first kappa shape index (κ1) is 26.9. The molecule has 0 bridgehead atoms. The van der Waals surface area contributed by atoms with Crippen LogP contribution in [0.2, 0.25) is 0 Å². The number of hydrogen-bond donors (Lipinski definition) is 1. The van der Waals surface area contributed by atoms with Gasteiger partial charge in [-0.25, -0.2) is 0 Å². The highest BCUT2D eigenvalue weighted by atomic mass is 127. The summed E-state index contributed by atoms with van der Waals surface area (Å²) in [5, 5.41) is 3.46. The molecule has 2 aliphatic rings. The molecule has 2 fully saturated rings. The minimum Gasteiger partial charge on any atom is -0.466 e. The van der Waals surface area contributed by atoms with Gasteiger partial charge in [0.15, 0.2) is 5.96 Å². The zero-order valence-electron chi connectivity index (χ0n) is 19.7. The van der Waals surface area contributed by atoms with E-state index in [1.165, 1.54) is 11.1 Å². The number of carbonyl (C=O) groups excluding carboxylic acids is 1. The van der Waals surface area contributed by atoms with Gasteiger partial charge in [0, 0.05) is 32.7 Å². The lowest BCUT2D eigenvalue weighted by Gasteiger charge is -2.36. The molecule has 2 heterocycles. The fraction of sp³-hybridized carbons (Fsp3) is 0.667. The van der Waals surface area contributed by atoms with E-state index in [9.17, 15) is 4.79 Å². The molecule has 0 saturated carbocycles. The number of nitrogens with zero attached hydrogens (tertiary/aromatic N) is 3. The molecule has 3 rings (SSSR count). The van der Waals surface area contributed by atoms with E-state index in [-0.39, 0.29) is 41.9 Å². The number of carbonyl (C=O) groups is 1. The maximum atomic E-state index is 12.1. The molecule has 1 atom stereocenters. The standard InChI is InChI=1S/C24H38N4O3.HI/c1-4-25-24(28-11-9-20(10-12-28)23(29)31-5-2)26-18-22(27-13-15-30-16-14-27)21-8-6-7-19(3)17-21;/h6-8,17,20,22H,4-5,9-16,18H2,1-3H3,(H,25,26);1H. The van der Waals surface area contributed by atoms with Crippen molar-refractivity contribution in [3.05, 3.63) is 35.4 Å². The molecule has 0 radical (unpaired) electrons. The second-order valence-electron chi connectivity index (χ2n) is 8.29. The van der Waals surface area contributed by atoms with E-state index in [1.807, 2.05) is 6.92 Å². The number of guanidine groups is 1. The summed E-state index contributed by atoms with van der Waals surface area (Å²) in [6.07, 6.45) is 1.63. The number of nitrogens with one attached hydrogen (secondary N) is 1. The summed E-state index contributed by atoms with van der Waals surface area (Å²) in [5.74, 6) is 0.888. The zero-order chi connectivity index (χ0) is 22.1. The van der Waals surface area contributed by atoms with Gasteiger partial charge in [0.25, 0.3) is 0 Å². The lowest BCUT2D eigenvalue weighted by molar-refractivity contribution is -0.149. The Morgan fingerprint density at radius 3 is 2.56 bits per heavy atom. The average Bonchev–Trinajstić information content (AvgIpc) is 2.79. The van der Waals surface area contributed by atoms with Crippen LogP contribution in [-0.4, -0.2) is 80.8 Å². The quantitative estimate of drug-likeness (QED) is 0.240. The lowest BCUT2D eigenvalue weighted by atomic mass is 9.97. The summed E-state index contributed by atoms with van der Waals surface area (Å²) in [6, 6.07) is 8.98. The minimum absolute atomic E-state index is 0. The number of halogens is 1. The Morgan fingerprint density at radius 1 is 1.22 bits per heavy atom. The van der Waals surface area contributed by atoms with Crippen molar-refractivity contribution in [1.29, 1.82) is 0 Å². The van der Waals surface area contributed by atoms with E-state index >= 15 is 0 Å². The van der Waals surface area contributed by atoms with Crippen LogP contribution in [-0.2, 0) is 14.3 Å². The third-order valence-corrected chi connectivity index (χ3v) is 6.08. The second kappa shape index (κ2) is 14.0. The average molecular weight is 559 g/mol. The third kappa shape index (κ3) is 7.59. The number of likely N-dealkylation sites (tertiary alicyclic amines) is 1. The van der Waals surface area contributed by atoms with Crippen molar-refractivity contribution in [2.45, 2.75) is 39.7 Å². The summed E-state index contributed by atoms with van der Waals surface area (Å²) in [7, 11) is 0. The van der Waals surface area contributed by atoms with Crippen LogP contribution in [0, 0.1) is 12.8 Å². The molecular formula is C24H39IN4O3. The number of rotatable bonds is 7. The van der Waals surface area contributed by atoms with Crippen LogP contribution in [0.1, 0.15) is 43.9 Å². The number of esters is 1. The Balaban J connectivity index is 0.00000363. The van der Waals surface area contributed by atoms with Crippen molar-refractivity contribution in [3.8, 4) is 0 Å². The first-order valence-electron chi connectivity index (χ1n) is 11.7. The molecule has 8 heteroatoms. The van der Waals surface area contributed by atoms with Gasteiger partial charge in [-0.3, -0.25) is 14.7 Å². The van der Waals surface area contributed by atoms with E-state index in [2.05, 4.69) is 53.2 Å². The van der Waals surface area contributed by atoms with Gasteiger partial charge < -0.3 is 19.7 Å². The Kier molecular flexibility index (Phi) is 11.7. The fourth-order valence-electron chi connectivity index (χ4n) is 4.38. The van der Waals surface area contributed by atoms with E-state index in [1.54, 1.807) is 0 Å². The summed E-state index contributed by atoms with van der Waals surface area (Å²) < 4.78 is 10.8. The van der Waals surface area contributed by atoms with E-state index < -0.39 is 0 Å². The number of hydrogen-bond acceptors (Lipinski definition) is 5.